The van der Waals surface area contributed by atoms with Gasteiger partial charge >= 0.3 is 6.09 Å². The van der Waals surface area contributed by atoms with E-state index in [1.54, 1.807) is 54.8 Å². The van der Waals surface area contributed by atoms with Gasteiger partial charge in [-0.25, -0.2) is 4.79 Å². The van der Waals surface area contributed by atoms with Crippen LogP contribution >= 0.6 is 0 Å². The summed E-state index contributed by atoms with van der Waals surface area (Å²) in [6.45, 7) is 8.14. The fourth-order valence-corrected chi connectivity index (χ4v) is 8.26. The van der Waals surface area contributed by atoms with Gasteiger partial charge in [0.1, 0.15) is 17.7 Å². The van der Waals surface area contributed by atoms with E-state index in [2.05, 4.69) is 20.9 Å². The van der Waals surface area contributed by atoms with Crippen molar-refractivity contribution in [3.8, 4) is 11.3 Å². The van der Waals surface area contributed by atoms with Crippen LogP contribution in [0, 0.1) is 0 Å². The fourth-order valence-electron chi connectivity index (χ4n) is 8.26. The van der Waals surface area contributed by atoms with Gasteiger partial charge in [-0.15, -0.1) is 0 Å². The molecule has 4 aromatic carbocycles. The molecule has 4 N–H and O–H groups in total. The average Bonchev–Trinajstić information content (AvgIpc) is 3.81. The third-order valence-corrected chi connectivity index (χ3v) is 11.0. The highest BCUT2D eigenvalue weighted by Gasteiger charge is 2.39. The van der Waals surface area contributed by atoms with E-state index in [0.717, 1.165) is 64.5 Å². The summed E-state index contributed by atoms with van der Waals surface area (Å²) in [6.07, 6.45) is 3.95. The lowest BCUT2D eigenvalue weighted by molar-refractivity contribution is -0.138. The summed E-state index contributed by atoms with van der Waals surface area (Å²) in [5, 5.41) is 9.87. The Hall–Kier alpha value is -6.43. The molecule has 1 aromatic heterocycles. The van der Waals surface area contributed by atoms with E-state index in [9.17, 15) is 24.0 Å². The molecule has 1 aliphatic heterocycles. The molecule has 2 aliphatic rings. The summed E-state index contributed by atoms with van der Waals surface area (Å²) in [5.74, 6) is -0.974. The van der Waals surface area contributed by atoms with Crippen molar-refractivity contribution in [2.24, 2.45) is 0 Å². The fraction of sp³-hybridized carbons (Fsp3) is 0.354. The standard InChI is InChI=1S/C48H54N6O6/c1-5-25-53(42(56)27-31-14-8-6-9-15-31)30-41(55)49-34-21-23-36-33(28-34)18-12-19-37-38-29-35(22-24-39(38)51-44(36)37)50-45(57)40-20-13-26-54(40)46(58)43(32-16-10-7-11-17-32)52-47(59)60-48(2,3)4/h6-11,14-17,21-24,28-29,40,43,51H,5,12-13,18-20,25-27,30H2,1-4H3,(H,49,55)(H,50,57)(H,52,59)/t40-,43+/m0/s1. The van der Waals surface area contributed by atoms with Gasteiger partial charge in [0.25, 0.3) is 5.91 Å². The number of nitrogens with one attached hydrogen (secondary N) is 4. The number of anilines is 2. The summed E-state index contributed by atoms with van der Waals surface area (Å²) >= 11 is 0. The first-order chi connectivity index (χ1) is 28.9. The largest absolute Gasteiger partial charge is 0.444 e. The molecule has 312 valence electrons. The van der Waals surface area contributed by atoms with E-state index in [0.29, 0.717) is 42.9 Å². The van der Waals surface area contributed by atoms with Crippen LogP contribution in [0.25, 0.3) is 22.2 Å². The maximum Gasteiger partial charge on any atom is 0.408 e. The second-order valence-corrected chi connectivity index (χ2v) is 16.7. The zero-order valence-electron chi connectivity index (χ0n) is 34.8. The number of fused-ring (bicyclic) bond motifs is 5. The molecule has 1 fully saturated rings. The van der Waals surface area contributed by atoms with Crippen LogP contribution in [-0.4, -0.2) is 75.8 Å². The Morgan fingerprint density at radius 1 is 0.867 bits per heavy atom. The van der Waals surface area contributed by atoms with Crippen molar-refractivity contribution in [2.75, 3.05) is 30.3 Å². The lowest BCUT2D eigenvalue weighted by Crippen LogP contribution is -2.49. The van der Waals surface area contributed by atoms with Crippen molar-refractivity contribution in [1.29, 1.82) is 0 Å². The topological polar surface area (TPSA) is 153 Å². The first-order valence-corrected chi connectivity index (χ1v) is 20.9. The molecule has 2 atom stereocenters. The van der Waals surface area contributed by atoms with E-state index in [1.807, 2.05) is 79.7 Å². The number of nitrogens with zero attached hydrogens (tertiary/aromatic N) is 2. The molecule has 0 bridgehead atoms. The number of H-pyrrole nitrogens is 1. The molecule has 7 rings (SSSR count). The number of rotatable bonds is 12. The quantitative estimate of drug-likeness (QED) is 0.100. The first kappa shape index (κ1) is 41.7. The number of carbonyl (C=O) groups is 5. The zero-order valence-corrected chi connectivity index (χ0v) is 34.8. The molecule has 60 heavy (non-hydrogen) atoms. The maximum absolute atomic E-state index is 14.1. The van der Waals surface area contributed by atoms with Crippen LogP contribution in [0.1, 0.15) is 81.7 Å². The van der Waals surface area contributed by atoms with Crippen molar-refractivity contribution in [1.82, 2.24) is 20.1 Å². The van der Waals surface area contributed by atoms with Crippen LogP contribution in [0.15, 0.2) is 97.1 Å². The van der Waals surface area contributed by atoms with Gasteiger partial charge < -0.3 is 35.5 Å². The third kappa shape index (κ3) is 9.87. The van der Waals surface area contributed by atoms with Crippen molar-refractivity contribution in [3.05, 3.63) is 119 Å². The third-order valence-electron chi connectivity index (χ3n) is 11.0. The minimum absolute atomic E-state index is 0.0176. The molecule has 1 saturated heterocycles. The normalized spacial score (nSPS) is 15.3. The first-order valence-electron chi connectivity index (χ1n) is 20.9. The Labute approximate surface area is 351 Å². The van der Waals surface area contributed by atoms with Crippen LogP contribution in [0.4, 0.5) is 16.2 Å². The monoisotopic (exact) mass is 810 g/mol. The van der Waals surface area contributed by atoms with E-state index >= 15 is 0 Å². The van der Waals surface area contributed by atoms with Crippen molar-refractivity contribution in [2.45, 2.75) is 90.3 Å². The number of hydrogen-bond acceptors (Lipinski definition) is 6. The predicted molar refractivity (Wildman–Crippen MR) is 233 cm³/mol. The highest BCUT2D eigenvalue weighted by molar-refractivity contribution is 6.02. The van der Waals surface area contributed by atoms with Crippen molar-refractivity contribution in [3.63, 3.8) is 0 Å². The highest BCUT2D eigenvalue weighted by Crippen LogP contribution is 2.38. The molecule has 12 heteroatoms. The maximum atomic E-state index is 14.1. The number of carbonyl (C=O) groups excluding carboxylic acids is 5. The van der Waals surface area contributed by atoms with Crippen LogP contribution < -0.4 is 16.0 Å². The van der Waals surface area contributed by atoms with Crippen molar-refractivity contribution >= 4 is 52.0 Å². The number of aromatic nitrogens is 1. The minimum Gasteiger partial charge on any atom is -0.444 e. The van der Waals surface area contributed by atoms with Crippen LogP contribution in [-0.2, 0) is 43.2 Å². The lowest BCUT2D eigenvalue weighted by atomic mass is 10.0. The zero-order chi connectivity index (χ0) is 42.4. The number of aryl methyl sites for hydroxylation is 2. The molecule has 1 aliphatic carbocycles. The smallest absolute Gasteiger partial charge is 0.408 e. The summed E-state index contributed by atoms with van der Waals surface area (Å²) in [7, 11) is 0. The Morgan fingerprint density at radius 3 is 2.32 bits per heavy atom. The Kier molecular flexibility index (Phi) is 12.7. The van der Waals surface area contributed by atoms with Gasteiger partial charge in [-0.1, -0.05) is 73.7 Å². The summed E-state index contributed by atoms with van der Waals surface area (Å²) in [4.78, 5) is 74.0. The Bertz CT molecular complexity index is 2370. The Morgan fingerprint density at radius 2 is 1.58 bits per heavy atom. The van der Waals surface area contributed by atoms with Gasteiger partial charge in [0.15, 0.2) is 0 Å². The molecule has 0 spiro atoms. The number of hydrogen-bond donors (Lipinski definition) is 4. The highest BCUT2D eigenvalue weighted by atomic mass is 16.6. The van der Waals surface area contributed by atoms with E-state index in [4.69, 9.17) is 4.74 Å². The molecule has 0 saturated carbocycles. The summed E-state index contributed by atoms with van der Waals surface area (Å²) in [5.41, 5.74) is 7.35. The average molecular weight is 811 g/mol. The number of ether oxygens (including phenoxy) is 1. The van der Waals surface area contributed by atoms with Gasteiger partial charge in [-0.2, -0.15) is 0 Å². The second kappa shape index (κ2) is 18.2. The molecule has 5 aromatic rings. The van der Waals surface area contributed by atoms with Crippen LogP contribution in [0.5, 0.6) is 0 Å². The van der Waals surface area contributed by atoms with Gasteiger partial charge in [0.05, 0.1) is 13.0 Å². The number of benzene rings is 4. The number of alkyl carbamates (subject to hydrolysis) is 1. The van der Waals surface area contributed by atoms with Gasteiger partial charge in [-0.3, -0.25) is 19.2 Å². The van der Waals surface area contributed by atoms with Crippen LogP contribution in [0.3, 0.4) is 0 Å². The summed E-state index contributed by atoms with van der Waals surface area (Å²) < 4.78 is 5.48. The number of aromatic amines is 1. The van der Waals surface area contributed by atoms with Gasteiger partial charge in [-0.05, 0) is 112 Å². The molecular formula is C48H54N6O6. The lowest BCUT2D eigenvalue weighted by Gasteiger charge is -2.29. The predicted octanol–water partition coefficient (Wildman–Crippen LogP) is 7.94. The van der Waals surface area contributed by atoms with E-state index < -0.39 is 23.8 Å². The molecule has 5 amide bonds. The van der Waals surface area contributed by atoms with Gasteiger partial charge in [0.2, 0.25) is 17.7 Å². The van der Waals surface area contributed by atoms with E-state index in [1.165, 1.54) is 0 Å². The number of likely N-dealkylation sites (tertiary alicyclic amines) is 1. The molecule has 2 heterocycles. The van der Waals surface area contributed by atoms with Crippen molar-refractivity contribution < 1.29 is 28.7 Å². The summed E-state index contributed by atoms with van der Waals surface area (Å²) in [6, 6.07) is 28.6. The Balaban J connectivity index is 1.04. The van der Waals surface area contributed by atoms with E-state index in [-0.39, 0.29) is 36.6 Å². The molecule has 0 radical (unpaired) electrons. The minimum atomic E-state index is -1.02. The van der Waals surface area contributed by atoms with Crippen LogP contribution in [0.2, 0.25) is 0 Å². The number of amides is 5. The SMILES string of the molecule is CCCN(CC(=O)Nc1ccc2c(c1)CCCc1c-2[nH]c2ccc(NC(=O)[C@@H]3CCCN3C(=O)[C@H](NC(=O)OC(C)(C)C)c3ccccc3)cc12)C(=O)Cc1ccccc1. The van der Waals surface area contributed by atoms with Gasteiger partial charge in [0, 0.05) is 46.6 Å². The molecule has 12 nitrogen and oxygen atoms in total. The molecular weight excluding hydrogens is 757 g/mol. The molecule has 0 unspecified atom stereocenters. The second-order valence-electron chi connectivity index (χ2n) is 16.7.